The van der Waals surface area contributed by atoms with Crippen molar-refractivity contribution >= 4 is 31.3 Å². The zero-order chi connectivity index (χ0) is 36.9. The Morgan fingerprint density at radius 1 is 0.490 bits per heavy atom. The summed E-state index contributed by atoms with van der Waals surface area (Å²) in [6, 6.07) is 0. The summed E-state index contributed by atoms with van der Waals surface area (Å²) in [7, 11) is -9.59. The van der Waals surface area contributed by atoms with Gasteiger partial charge in [0.15, 0.2) is 0 Å². The molecule has 0 bridgehead atoms. The summed E-state index contributed by atoms with van der Waals surface area (Å²) < 4.78 is 118. The van der Waals surface area contributed by atoms with Gasteiger partial charge in [0.05, 0.1) is 92.5 Å². The lowest BCUT2D eigenvalue weighted by atomic mass is 10.0. The number of hydrogen-bond donors (Lipinski definition) is 3. The van der Waals surface area contributed by atoms with E-state index in [0.29, 0.717) is 6.42 Å². The van der Waals surface area contributed by atoms with E-state index in [1.54, 1.807) is 0 Å². The Labute approximate surface area is 288 Å². The fourth-order valence-corrected chi connectivity index (χ4v) is 6.07. The number of ether oxygens (including phenoxy) is 4. The third-order valence-electron chi connectivity index (χ3n) is 5.79. The molecule has 3 N–H and O–H groups in total. The van der Waals surface area contributed by atoms with Gasteiger partial charge in [-0.25, -0.2) is 18.3 Å². The SMILES string of the molecule is CNCCCCC(COP(=O)(O)OCCOCCOCCOP(=O)(O)OC)COP(=O)(OC)OCCOCCOCCOP(=O)(OC)OC. The molecule has 25 heteroatoms. The summed E-state index contributed by atoms with van der Waals surface area (Å²) in [4.78, 5) is 19.2. The second kappa shape index (κ2) is 29.7. The molecule has 0 radical (unpaired) electrons. The second-order valence-corrected chi connectivity index (χ2v) is 16.1. The van der Waals surface area contributed by atoms with E-state index in [4.69, 9.17) is 51.0 Å². The lowest BCUT2D eigenvalue weighted by molar-refractivity contribution is 0.0146. The molecule has 0 aliphatic rings. The number of rotatable bonds is 37. The normalized spacial score (nSPS) is 16.6. The molecule has 0 spiro atoms. The van der Waals surface area contributed by atoms with E-state index in [1.807, 2.05) is 7.05 Å². The highest BCUT2D eigenvalue weighted by molar-refractivity contribution is 7.48. The summed E-state index contributed by atoms with van der Waals surface area (Å²) in [5.41, 5.74) is 0. The van der Waals surface area contributed by atoms with E-state index in [1.165, 1.54) is 21.3 Å². The summed E-state index contributed by atoms with van der Waals surface area (Å²) in [5.74, 6) is -0.451. The van der Waals surface area contributed by atoms with Gasteiger partial charge in [0.1, 0.15) is 0 Å². The maximum atomic E-state index is 12.9. The molecular weight excluding hydrogens is 746 g/mol. The van der Waals surface area contributed by atoms with Crippen molar-refractivity contribution in [3.05, 3.63) is 0 Å². The van der Waals surface area contributed by atoms with Crippen LogP contribution in [0, 0.1) is 5.92 Å². The smallest absolute Gasteiger partial charge is 0.377 e. The molecule has 49 heavy (non-hydrogen) atoms. The molecule has 4 unspecified atom stereocenters. The molecule has 21 nitrogen and oxygen atoms in total. The van der Waals surface area contributed by atoms with Crippen molar-refractivity contribution in [2.45, 2.75) is 19.3 Å². The Morgan fingerprint density at radius 3 is 1.35 bits per heavy atom. The molecule has 0 aliphatic carbocycles. The molecule has 0 aromatic rings. The van der Waals surface area contributed by atoms with Gasteiger partial charge in [0.2, 0.25) is 0 Å². The molecule has 0 fully saturated rings. The summed E-state index contributed by atoms with van der Waals surface area (Å²) in [5, 5.41) is 3.04. The maximum absolute atomic E-state index is 12.9. The molecule has 0 heterocycles. The number of phosphoric ester groups is 4. The minimum Gasteiger partial charge on any atom is -0.377 e. The fraction of sp³-hybridized carbons (Fsp3) is 1.00. The predicted molar refractivity (Wildman–Crippen MR) is 173 cm³/mol. The third-order valence-corrected chi connectivity index (χ3v) is 10.6. The van der Waals surface area contributed by atoms with Crippen LogP contribution >= 0.6 is 31.3 Å². The monoisotopic (exact) mass is 801 g/mol. The van der Waals surface area contributed by atoms with E-state index in [0.717, 1.165) is 26.5 Å². The largest absolute Gasteiger partial charge is 0.474 e. The first-order valence-electron chi connectivity index (χ1n) is 15.2. The Morgan fingerprint density at radius 2 is 0.898 bits per heavy atom. The van der Waals surface area contributed by atoms with Crippen molar-refractivity contribution in [3.8, 4) is 0 Å². The van der Waals surface area contributed by atoms with Crippen LogP contribution in [0.4, 0.5) is 0 Å². The van der Waals surface area contributed by atoms with Crippen molar-refractivity contribution in [2.75, 3.05) is 135 Å². The molecule has 0 saturated heterocycles. The van der Waals surface area contributed by atoms with E-state index in [9.17, 15) is 23.2 Å². The summed E-state index contributed by atoms with van der Waals surface area (Å²) in [6.45, 7) is 0.659. The maximum Gasteiger partial charge on any atom is 0.474 e. The Balaban J connectivity index is 4.39. The molecule has 0 amide bonds. The molecule has 296 valence electrons. The first-order chi connectivity index (χ1) is 23.3. The van der Waals surface area contributed by atoms with Crippen molar-refractivity contribution in [3.63, 3.8) is 0 Å². The number of hydrogen-bond acceptors (Lipinski definition) is 19. The van der Waals surface area contributed by atoms with Gasteiger partial charge >= 0.3 is 31.3 Å². The van der Waals surface area contributed by atoms with Gasteiger partial charge in [-0.2, -0.15) is 0 Å². The molecular formula is C24H55NO20P4. The van der Waals surface area contributed by atoms with Crippen LogP contribution in [0.5, 0.6) is 0 Å². The quantitative estimate of drug-likeness (QED) is 0.0603. The van der Waals surface area contributed by atoms with E-state index < -0.39 is 37.2 Å². The Bertz CT molecular complexity index is 988. The van der Waals surface area contributed by atoms with Gasteiger partial charge in [-0.15, -0.1) is 0 Å². The number of unbranched alkanes of at least 4 members (excludes halogenated alkanes) is 1. The minimum atomic E-state index is -4.45. The van der Waals surface area contributed by atoms with Crippen LogP contribution in [0.2, 0.25) is 0 Å². The van der Waals surface area contributed by atoms with Gasteiger partial charge < -0.3 is 34.1 Å². The van der Waals surface area contributed by atoms with Gasteiger partial charge in [-0.3, -0.25) is 45.2 Å². The van der Waals surface area contributed by atoms with Crippen molar-refractivity contribution in [2.24, 2.45) is 5.92 Å². The van der Waals surface area contributed by atoms with Crippen molar-refractivity contribution in [1.29, 1.82) is 0 Å². The highest BCUT2D eigenvalue weighted by atomic mass is 31.2. The average Bonchev–Trinajstić information content (AvgIpc) is 3.08. The van der Waals surface area contributed by atoms with Crippen LogP contribution in [0.3, 0.4) is 0 Å². The van der Waals surface area contributed by atoms with Crippen LogP contribution in [-0.4, -0.2) is 144 Å². The first kappa shape index (κ1) is 49.2. The zero-order valence-corrected chi connectivity index (χ0v) is 32.4. The van der Waals surface area contributed by atoms with Gasteiger partial charge in [0.25, 0.3) is 0 Å². The highest BCUT2D eigenvalue weighted by Crippen LogP contribution is 2.50. The topological polar surface area (TPSA) is 250 Å². The van der Waals surface area contributed by atoms with Gasteiger partial charge in [0, 0.05) is 34.4 Å². The van der Waals surface area contributed by atoms with E-state index >= 15 is 0 Å². The fourth-order valence-electron chi connectivity index (χ4n) is 3.24. The van der Waals surface area contributed by atoms with Gasteiger partial charge in [-0.1, -0.05) is 6.42 Å². The van der Waals surface area contributed by atoms with Crippen LogP contribution in [0.1, 0.15) is 19.3 Å². The van der Waals surface area contributed by atoms with Crippen molar-refractivity contribution < 1.29 is 92.2 Å². The van der Waals surface area contributed by atoms with E-state index in [2.05, 4.69) is 23.4 Å². The average molecular weight is 802 g/mol. The Kier molecular flexibility index (Phi) is 29.8. The molecule has 0 rings (SSSR count). The van der Waals surface area contributed by atoms with Gasteiger partial charge in [-0.05, 0) is 26.4 Å². The lowest BCUT2D eigenvalue weighted by Crippen LogP contribution is -2.18. The molecule has 4 atom stereocenters. The first-order valence-corrected chi connectivity index (χ1v) is 21.1. The number of nitrogens with one attached hydrogen (secondary N) is 1. The summed E-state index contributed by atoms with van der Waals surface area (Å²) >= 11 is 0. The second-order valence-electron chi connectivity index (χ2n) is 9.40. The van der Waals surface area contributed by atoms with Crippen LogP contribution in [-0.2, 0) is 82.4 Å². The standard InChI is InChI=1S/C24H55NO20P4/c1-25-9-7-6-8-24(22-44-47(28,29)41-19-15-37-11-10-36-14-18-40-46(26,27)32-2)23-45-49(31,35-5)43-21-17-39-13-12-38-16-20-42-48(30,33-3)34-4/h24-25H,6-23H2,1-5H3,(H,26,27)(H,28,29). The Hall–Kier alpha value is 0.240. The predicted octanol–water partition coefficient (Wildman–Crippen LogP) is 3.16. The van der Waals surface area contributed by atoms with Crippen LogP contribution < -0.4 is 5.32 Å². The van der Waals surface area contributed by atoms with Crippen LogP contribution in [0.25, 0.3) is 0 Å². The minimum absolute atomic E-state index is 0.0120. The van der Waals surface area contributed by atoms with Crippen LogP contribution in [0.15, 0.2) is 0 Å². The number of phosphoric acid groups is 4. The molecule has 0 aromatic heterocycles. The third kappa shape index (κ3) is 28.4. The molecule has 0 saturated carbocycles. The van der Waals surface area contributed by atoms with Crippen molar-refractivity contribution in [1.82, 2.24) is 5.32 Å². The molecule has 0 aromatic carbocycles. The zero-order valence-electron chi connectivity index (χ0n) is 28.8. The molecule has 0 aliphatic heterocycles. The lowest BCUT2D eigenvalue weighted by Gasteiger charge is -2.22. The summed E-state index contributed by atoms with van der Waals surface area (Å²) in [6.07, 6.45) is 2.06. The van der Waals surface area contributed by atoms with E-state index in [-0.39, 0.29) is 92.5 Å². The highest BCUT2D eigenvalue weighted by Gasteiger charge is 2.29.